The lowest BCUT2D eigenvalue weighted by atomic mass is 10.1. The van der Waals surface area contributed by atoms with E-state index in [1.165, 1.54) is 7.11 Å². The van der Waals surface area contributed by atoms with Crippen LogP contribution in [0.15, 0.2) is 5.38 Å². The van der Waals surface area contributed by atoms with Crippen molar-refractivity contribution in [3.05, 3.63) is 16.8 Å². The van der Waals surface area contributed by atoms with Crippen LogP contribution in [-0.2, 0) is 9.53 Å². The number of piperidine rings is 1. The molecule has 2 aliphatic heterocycles. The van der Waals surface area contributed by atoms with Crippen molar-refractivity contribution < 1.29 is 9.53 Å². The van der Waals surface area contributed by atoms with E-state index in [1.54, 1.807) is 11.3 Å². The summed E-state index contributed by atoms with van der Waals surface area (Å²) in [4.78, 5) is 29.4. The molecule has 4 atom stereocenters. The van der Waals surface area contributed by atoms with Crippen LogP contribution in [0.1, 0.15) is 19.8 Å². The molecule has 0 N–H and O–H groups in total. The Morgan fingerprint density at radius 1 is 1.41 bits per heavy atom. The zero-order chi connectivity index (χ0) is 18.7. The molecule has 0 spiro atoms. The van der Waals surface area contributed by atoms with Gasteiger partial charge in [-0.2, -0.15) is 16.3 Å². The van der Waals surface area contributed by atoms with Crippen LogP contribution in [0.2, 0.25) is 0 Å². The number of hydrogen-bond donors (Lipinski definition) is 0. The third kappa shape index (κ3) is 2.56. The number of nitrogens with zero attached hydrogens (tertiary/aromatic N) is 5. The third-order valence-corrected chi connectivity index (χ3v) is 7.32. The Bertz CT molecular complexity index is 955. The fourth-order valence-electron chi connectivity index (χ4n) is 4.52. The Balaban J connectivity index is 1.45. The van der Waals surface area contributed by atoms with Crippen molar-refractivity contribution in [2.45, 2.75) is 25.8 Å². The van der Waals surface area contributed by atoms with Crippen LogP contribution in [-0.4, -0.2) is 48.7 Å². The Morgan fingerprint density at radius 2 is 2.19 bits per heavy atom. The molecule has 8 heteroatoms. The maximum atomic E-state index is 11.6. The van der Waals surface area contributed by atoms with Crippen molar-refractivity contribution in [1.82, 2.24) is 9.97 Å². The van der Waals surface area contributed by atoms with E-state index in [0.717, 1.165) is 48.0 Å². The SMILES string of the molecule is [C-]#[N+]c1csc2c(N3C[C@@H]4C(CC(=O)OC)[C@@H]4C3)nc(N3CC[C@@H]3C)nc12. The van der Waals surface area contributed by atoms with Crippen LogP contribution in [0.5, 0.6) is 0 Å². The predicted octanol–water partition coefficient (Wildman–Crippen LogP) is 3.09. The first-order valence-corrected chi connectivity index (χ1v) is 10.2. The molecule has 7 nitrogen and oxygen atoms in total. The first kappa shape index (κ1) is 16.8. The number of hydrogen-bond acceptors (Lipinski definition) is 7. The number of anilines is 2. The van der Waals surface area contributed by atoms with Crippen molar-refractivity contribution in [1.29, 1.82) is 0 Å². The number of carbonyl (C=O) groups is 1. The topological polar surface area (TPSA) is 62.9 Å². The highest BCUT2D eigenvalue weighted by atomic mass is 32.1. The van der Waals surface area contributed by atoms with Crippen LogP contribution in [0.3, 0.4) is 0 Å². The first-order chi connectivity index (χ1) is 13.1. The lowest BCUT2D eigenvalue weighted by Crippen LogP contribution is -2.46. The number of aromatic nitrogens is 2. The number of fused-ring (bicyclic) bond motifs is 2. The quantitative estimate of drug-likeness (QED) is 0.597. The molecule has 27 heavy (non-hydrogen) atoms. The summed E-state index contributed by atoms with van der Waals surface area (Å²) in [6, 6.07) is 0.446. The average molecular weight is 383 g/mol. The van der Waals surface area contributed by atoms with Gasteiger partial charge in [0.05, 0.1) is 23.9 Å². The van der Waals surface area contributed by atoms with Gasteiger partial charge in [-0.05, 0) is 36.5 Å². The molecule has 0 amide bonds. The average Bonchev–Trinajstić information content (AvgIpc) is 3.05. The highest BCUT2D eigenvalue weighted by Gasteiger charge is 2.56. The van der Waals surface area contributed by atoms with Crippen LogP contribution >= 0.6 is 11.3 Å². The van der Waals surface area contributed by atoms with Gasteiger partial charge in [0, 0.05) is 32.1 Å². The summed E-state index contributed by atoms with van der Waals surface area (Å²) in [7, 11) is 1.45. The molecular formula is C19H21N5O2S. The van der Waals surface area contributed by atoms with Crippen molar-refractivity contribution >= 4 is 45.0 Å². The molecule has 2 saturated heterocycles. The number of ether oxygens (including phenoxy) is 1. The maximum absolute atomic E-state index is 11.6. The summed E-state index contributed by atoms with van der Waals surface area (Å²) >= 11 is 1.56. The molecule has 5 rings (SSSR count). The second-order valence-corrected chi connectivity index (χ2v) is 8.65. The Morgan fingerprint density at radius 3 is 2.78 bits per heavy atom. The molecular weight excluding hydrogens is 362 g/mol. The van der Waals surface area contributed by atoms with Crippen molar-refractivity contribution in [2.75, 3.05) is 36.5 Å². The summed E-state index contributed by atoms with van der Waals surface area (Å²) in [5, 5.41) is 1.88. The van der Waals surface area contributed by atoms with Crippen LogP contribution in [0.4, 0.5) is 17.5 Å². The molecule has 1 aliphatic carbocycles. The van der Waals surface area contributed by atoms with Crippen LogP contribution in [0, 0.1) is 24.3 Å². The molecule has 0 bridgehead atoms. The first-order valence-electron chi connectivity index (χ1n) is 9.35. The van der Waals surface area contributed by atoms with Gasteiger partial charge in [-0.15, -0.1) is 0 Å². The van der Waals surface area contributed by atoms with E-state index in [1.807, 2.05) is 5.38 Å². The van der Waals surface area contributed by atoms with Crippen molar-refractivity contribution in [2.24, 2.45) is 17.8 Å². The van der Waals surface area contributed by atoms with Crippen LogP contribution in [0.25, 0.3) is 15.1 Å². The van der Waals surface area contributed by atoms with Crippen LogP contribution < -0.4 is 9.80 Å². The van der Waals surface area contributed by atoms with Gasteiger partial charge in [-0.1, -0.05) is 0 Å². The van der Waals surface area contributed by atoms with E-state index in [9.17, 15) is 4.79 Å². The zero-order valence-corrected chi connectivity index (χ0v) is 16.2. The molecule has 1 unspecified atom stereocenters. The van der Waals surface area contributed by atoms with E-state index in [4.69, 9.17) is 21.3 Å². The molecule has 0 radical (unpaired) electrons. The second-order valence-electron chi connectivity index (χ2n) is 7.77. The number of esters is 1. The van der Waals surface area contributed by atoms with E-state index < -0.39 is 0 Å². The minimum absolute atomic E-state index is 0.112. The van der Waals surface area contributed by atoms with Gasteiger partial charge in [-0.3, -0.25) is 4.79 Å². The molecule has 3 fully saturated rings. The Hall–Kier alpha value is -2.40. The van der Waals surface area contributed by atoms with Gasteiger partial charge in [0.1, 0.15) is 0 Å². The van der Waals surface area contributed by atoms with Gasteiger partial charge in [0.25, 0.3) is 0 Å². The summed E-state index contributed by atoms with van der Waals surface area (Å²) < 4.78 is 5.82. The normalized spacial score (nSPS) is 28.6. The summed E-state index contributed by atoms with van der Waals surface area (Å²) in [6.45, 7) is 12.4. The minimum atomic E-state index is -0.112. The standard InChI is InChI=1S/C19H21N5O2S/c1-10-4-5-24(10)19-21-16-14(20-2)9-27-17(16)18(22-19)23-7-12-11(13(12)8-23)6-15(25)26-3/h9-13H,4-8H2,1,3H3/t10-,11?,12-,13+/m0/s1. The second kappa shape index (κ2) is 6.06. The van der Waals surface area contributed by atoms with Gasteiger partial charge in [-0.25, -0.2) is 9.83 Å². The molecule has 2 aromatic heterocycles. The number of thiophene rings is 1. The lowest BCUT2D eigenvalue weighted by Gasteiger charge is -2.39. The monoisotopic (exact) mass is 383 g/mol. The van der Waals surface area contributed by atoms with E-state index in [-0.39, 0.29) is 5.97 Å². The van der Waals surface area contributed by atoms with Gasteiger partial charge in [0.15, 0.2) is 5.82 Å². The Kier molecular flexibility index (Phi) is 3.76. The molecule has 4 heterocycles. The summed E-state index contributed by atoms with van der Waals surface area (Å²) in [6.07, 6.45) is 1.68. The van der Waals surface area contributed by atoms with Gasteiger partial charge >= 0.3 is 5.97 Å². The maximum Gasteiger partial charge on any atom is 0.305 e. The molecule has 2 aromatic rings. The van der Waals surface area contributed by atoms with E-state index >= 15 is 0 Å². The summed E-state index contributed by atoms with van der Waals surface area (Å²) in [5.74, 6) is 3.12. The van der Waals surface area contributed by atoms with Crippen molar-refractivity contribution in [3.63, 3.8) is 0 Å². The fraction of sp³-hybridized carbons (Fsp3) is 0.579. The molecule has 1 saturated carbocycles. The third-order valence-electron chi connectivity index (χ3n) is 6.37. The highest BCUT2D eigenvalue weighted by molar-refractivity contribution is 7.18. The molecule has 3 aliphatic rings. The molecule has 140 valence electrons. The minimum Gasteiger partial charge on any atom is -0.469 e. The van der Waals surface area contributed by atoms with Crippen molar-refractivity contribution in [3.8, 4) is 0 Å². The fourth-order valence-corrected chi connectivity index (χ4v) is 5.45. The highest BCUT2D eigenvalue weighted by Crippen LogP contribution is 2.55. The van der Waals surface area contributed by atoms with Gasteiger partial charge < -0.3 is 14.5 Å². The summed E-state index contributed by atoms with van der Waals surface area (Å²) in [5.41, 5.74) is 1.39. The van der Waals surface area contributed by atoms with E-state index in [0.29, 0.717) is 35.9 Å². The lowest BCUT2D eigenvalue weighted by molar-refractivity contribution is -0.141. The number of methoxy groups -OCH3 is 1. The largest absolute Gasteiger partial charge is 0.469 e. The predicted molar refractivity (Wildman–Crippen MR) is 104 cm³/mol. The van der Waals surface area contributed by atoms with Gasteiger partial charge in [0.2, 0.25) is 11.6 Å². The zero-order valence-electron chi connectivity index (χ0n) is 15.4. The smallest absolute Gasteiger partial charge is 0.305 e. The Labute approximate surface area is 161 Å². The van der Waals surface area contributed by atoms with E-state index in [2.05, 4.69) is 21.6 Å². The number of carbonyl (C=O) groups excluding carboxylic acids is 1. The number of rotatable bonds is 4. The molecule has 0 aromatic carbocycles.